The zero-order valence-electron chi connectivity index (χ0n) is 7.57. The summed E-state index contributed by atoms with van der Waals surface area (Å²) in [5.41, 5.74) is 0. The lowest BCUT2D eigenvalue weighted by Gasteiger charge is -2.32. The van der Waals surface area contributed by atoms with Crippen molar-refractivity contribution < 1.29 is 9.90 Å². The van der Waals surface area contributed by atoms with Crippen LogP contribution in [0.5, 0.6) is 0 Å². The second kappa shape index (κ2) is 4.58. The molecule has 0 aromatic carbocycles. The molecule has 0 saturated carbocycles. The maximum atomic E-state index is 10.6. The van der Waals surface area contributed by atoms with Crippen LogP contribution >= 0.6 is 0 Å². The molecule has 1 aliphatic rings. The molecule has 3 nitrogen and oxygen atoms in total. The number of likely N-dealkylation sites (tertiary alicyclic amines) is 1. The lowest BCUT2D eigenvalue weighted by atomic mass is 10.0. The Hall–Kier alpha value is -0.410. The van der Waals surface area contributed by atoms with Crippen LogP contribution in [-0.2, 0) is 4.79 Å². The summed E-state index contributed by atoms with van der Waals surface area (Å²) < 4.78 is 0. The molecule has 12 heavy (non-hydrogen) atoms. The van der Waals surface area contributed by atoms with Crippen LogP contribution in [-0.4, -0.2) is 41.5 Å². The molecule has 70 valence electrons. The maximum Gasteiger partial charge on any atom is 0.137 e. The summed E-state index contributed by atoms with van der Waals surface area (Å²) in [5, 5.41) is 9.16. The van der Waals surface area contributed by atoms with Crippen LogP contribution in [0.2, 0.25) is 0 Å². The molecular formula is C9H17NO2. The predicted octanol–water partition coefficient (Wildman–Crippen LogP) is 0.421. The number of carbonyl (C=O) groups is 1. The van der Waals surface area contributed by atoms with E-state index >= 15 is 0 Å². The standard InChI is InChI=1S/C9H17NO2/c1-8(12)6-10-5-3-2-4-9(10)7-11/h7-9,12H,2-6H2,1H3. The van der Waals surface area contributed by atoms with Crippen LogP contribution < -0.4 is 0 Å². The molecular weight excluding hydrogens is 154 g/mol. The fourth-order valence-electron chi connectivity index (χ4n) is 1.74. The van der Waals surface area contributed by atoms with Crippen LogP contribution in [0.3, 0.4) is 0 Å². The zero-order chi connectivity index (χ0) is 8.97. The van der Waals surface area contributed by atoms with Gasteiger partial charge in [0.15, 0.2) is 0 Å². The predicted molar refractivity (Wildman–Crippen MR) is 47.0 cm³/mol. The quantitative estimate of drug-likeness (QED) is 0.626. The summed E-state index contributed by atoms with van der Waals surface area (Å²) in [6.45, 7) is 3.34. The van der Waals surface area contributed by atoms with E-state index < -0.39 is 0 Å². The van der Waals surface area contributed by atoms with Gasteiger partial charge in [0.05, 0.1) is 12.1 Å². The Bertz CT molecular complexity index is 147. The Balaban J connectivity index is 2.41. The number of aliphatic hydroxyl groups is 1. The molecule has 0 amide bonds. The van der Waals surface area contributed by atoms with Gasteiger partial charge in [-0.15, -0.1) is 0 Å². The van der Waals surface area contributed by atoms with Crippen molar-refractivity contribution in [1.29, 1.82) is 0 Å². The number of hydrogen-bond donors (Lipinski definition) is 1. The fraction of sp³-hybridized carbons (Fsp3) is 0.889. The molecule has 1 fully saturated rings. The molecule has 0 aliphatic carbocycles. The topological polar surface area (TPSA) is 40.5 Å². The van der Waals surface area contributed by atoms with Crippen LogP contribution in [0.1, 0.15) is 26.2 Å². The minimum absolute atomic E-state index is 0.0494. The smallest absolute Gasteiger partial charge is 0.137 e. The van der Waals surface area contributed by atoms with Crippen molar-refractivity contribution in [3.63, 3.8) is 0 Å². The Morgan fingerprint density at radius 2 is 2.42 bits per heavy atom. The molecule has 1 aliphatic heterocycles. The summed E-state index contributed by atoms with van der Waals surface area (Å²) in [6, 6.07) is 0.0494. The number of rotatable bonds is 3. The van der Waals surface area contributed by atoms with Crippen molar-refractivity contribution in [2.45, 2.75) is 38.3 Å². The molecule has 0 aromatic rings. The second-order valence-corrected chi connectivity index (χ2v) is 3.54. The first-order chi connectivity index (χ1) is 5.74. The third kappa shape index (κ3) is 2.57. The average Bonchev–Trinajstić information content (AvgIpc) is 2.04. The highest BCUT2D eigenvalue weighted by Gasteiger charge is 2.22. The summed E-state index contributed by atoms with van der Waals surface area (Å²) in [6.07, 6.45) is 3.92. The van der Waals surface area contributed by atoms with Crippen molar-refractivity contribution >= 4 is 6.29 Å². The van der Waals surface area contributed by atoms with Gasteiger partial charge in [-0.05, 0) is 26.3 Å². The molecule has 1 saturated heterocycles. The highest BCUT2D eigenvalue weighted by Crippen LogP contribution is 2.15. The first-order valence-electron chi connectivity index (χ1n) is 4.61. The molecule has 0 bridgehead atoms. The first-order valence-corrected chi connectivity index (χ1v) is 4.61. The van der Waals surface area contributed by atoms with E-state index in [9.17, 15) is 4.79 Å². The average molecular weight is 171 g/mol. The number of aliphatic hydroxyl groups excluding tert-OH is 1. The molecule has 2 atom stereocenters. The molecule has 0 aromatic heterocycles. The molecule has 3 heteroatoms. The SMILES string of the molecule is CC(O)CN1CCCCC1C=O. The summed E-state index contributed by atoms with van der Waals surface area (Å²) in [5.74, 6) is 0. The first kappa shape index (κ1) is 9.68. The van der Waals surface area contributed by atoms with Crippen molar-refractivity contribution in [2.24, 2.45) is 0 Å². The molecule has 2 unspecified atom stereocenters. The van der Waals surface area contributed by atoms with Gasteiger partial charge in [-0.25, -0.2) is 0 Å². The van der Waals surface area contributed by atoms with E-state index in [-0.39, 0.29) is 12.1 Å². The molecule has 1 N–H and O–H groups in total. The van der Waals surface area contributed by atoms with Crippen LogP contribution in [0, 0.1) is 0 Å². The summed E-state index contributed by atoms with van der Waals surface area (Å²) >= 11 is 0. The second-order valence-electron chi connectivity index (χ2n) is 3.54. The third-order valence-electron chi connectivity index (χ3n) is 2.32. The Kier molecular flexibility index (Phi) is 3.69. The summed E-state index contributed by atoms with van der Waals surface area (Å²) in [4.78, 5) is 12.7. The maximum absolute atomic E-state index is 10.6. The van der Waals surface area contributed by atoms with Gasteiger partial charge in [0.1, 0.15) is 6.29 Å². The van der Waals surface area contributed by atoms with Gasteiger partial charge in [-0.3, -0.25) is 4.90 Å². The van der Waals surface area contributed by atoms with E-state index in [0.29, 0.717) is 6.54 Å². The Morgan fingerprint density at radius 3 is 3.00 bits per heavy atom. The number of piperidine rings is 1. The van der Waals surface area contributed by atoms with E-state index in [1.807, 2.05) is 0 Å². The third-order valence-corrected chi connectivity index (χ3v) is 2.32. The zero-order valence-corrected chi connectivity index (χ0v) is 7.57. The number of aldehydes is 1. The fourth-order valence-corrected chi connectivity index (χ4v) is 1.74. The Labute approximate surface area is 73.4 Å². The van der Waals surface area contributed by atoms with Crippen molar-refractivity contribution in [2.75, 3.05) is 13.1 Å². The number of nitrogens with zero attached hydrogens (tertiary/aromatic N) is 1. The lowest BCUT2D eigenvalue weighted by molar-refractivity contribution is -0.113. The van der Waals surface area contributed by atoms with Crippen LogP contribution in [0.25, 0.3) is 0 Å². The van der Waals surface area contributed by atoms with Gasteiger partial charge in [0, 0.05) is 6.54 Å². The van der Waals surface area contributed by atoms with E-state index in [4.69, 9.17) is 5.11 Å². The van der Waals surface area contributed by atoms with E-state index in [1.54, 1.807) is 6.92 Å². The molecule has 0 spiro atoms. The van der Waals surface area contributed by atoms with Gasteiger partial charge in [-0.2, -0.15) is 0 Å². The highest BCUT2D eigenvalue weighted by atomic mass is 16.3. The van der Waals surface area contributed by atoms with Crippen LogP contribution in [0.15, 0.2) is 0 Å². The van der Waals surface area contributed by atoms with E-state index in [2.05, 4.69) is 4.90 Å². The minimum atomic E-state index is -0.328. The van der Waals surface area contributed by atoms with Gasteiger partial charge < -0.3 is 9.90 Å². The largest absolute Gasteiger partial charge is 0.392 e. The number of carbonyl (C=O) groups excluding carboxylic acids is 1. The van der Waals surface area contributed by atoms with E-state index in [0.717, 1.165) is 32.1 Å². The molecule has 0 radical (unpaired) electrons. The van der Waals surface area contributed by atoms with Gasteiger partial charge in [-0.1, -0.05) is 6.42 Å². The van der Waals surface area contributed by atoms with Gasteiger partial charge in [0.2, 0.25) is 0 Å². The summed E-state index contributed by atoms with van der Waals surface area (Å²) in [7, 11) is 0. The number of β-amino-alcohol motifs (C(OH)–C–C–N with tert-alkyl or cyclic N) is 1. The number of hydrogen-bond acceptors (Lipinski definition) is 3. The molecule has 1 heterocycles. The normalized spacial score (nSPS) is 28.3. The van der Waals surface area contributed by atoms with Gasteiger partial charge in [0.25, 0.3) is 0 Å². The monoisotopic (exact) mass is 171 g/mol. The Morgan fingerprint density at radius 1 is 1.67 bits per heavy atom. The van der Waals surface area contributed by atoms with E-state index in [1.165, 1.54) is 0 Å². The van der Waals surface area contributed by atoms with Crippen molar-refractivity contribution in [3.8, 4) is 0 Å². The lowest BCUT2D eigenvalue weighted by Crippen LogP contribution is -2.43. The minimum Gasteiger partial charge on any atom is -0.392 e. The van der Waals surface area contributed by atoms with Crippen molar-refractivity contribution in [1.82, 2.24) is 4.90 Å². The van der Waals surface area contributed by atoms with Crippen LogP contribution in [0.4, 0.5) is 0 Å². The molecule has 1 rings (SSSR count). The van der Waals surface area contributed by atoms with Crippen molar-refractivity contribution in [3.05, 3.63) is 0 Å². The van der Waals surface area contributed by atoms with Gasteiger partial charge >= 0.3 is 0 Å². The highest BCUT2D eigenvalue weighted by molar-refractivity contribution is 5.57.